The average molecular weight is 1150 g/mol. The highest BCUT2D eigenvalue weighted by Gasteiger charge is 2.43. The number of halogens is 13. The molecule has 10 nitrogen and oxygen atoms in total. The van der Waals surface area contributed by atoms with Crippen molar-refractivity contribution in [2.75, 3.05) is 41.3 Å². The summed E-state index contributed by atoms with van der Waals surface area (Å²) < 4.78 is 111. The number of alkyl halides is 6. The normalized spacial score (nSPS) is 12.5. The van der Waals surface area contributed by atoms with Crippen LogP contribution in [0, 0.1) is 11.6 Å². The Morgan fingerprint density at radius 2 is 1.00 bits per heavy atom. The van der Waals surface area contributed by atoms with Gasteiger partial charge in [-0.05, 0) is 104 Å². The Morgan fingerprint density at radius 3 is 1.38 bits per heavy atom. The lowest BCUT2D eigenvalue weighted by atomic mass is 9.84. The molecule has 1 N–H and O–H groups in total. The van der Waals surface area contributed by atoms with Crippen molar-refractivity contribution in [3.05, 3.63) is 153 Å². The minimum absolute atomic E-state index is 0. The van der Waals surface area contributed by atoms with Gasteiger partial charge in [0.15, 0.2) is 0 Å². The molecule has 0 heterocycles. The summed E-state index contributed by atoms with van der Waals surface area (Å²) in [6.07, 6.45) is -9.85. The van der Waals surface area contributed by atoms with Crippen molar-refractivity contribution in [3.8, 4) is 11.5 Å². The van der Waals surface area contributed by atoms with Gasteiger partial charge in [-0.15, -0.1) is 13.2 Å². The Labute approximate surface area is 444 Å². The summed E-state index contributed by atoms with van der Waals surface area (Å²) in [6.45, 7) is 7.05. The molecule has 0 saturated carbocycles. The van der Waals surface area contributed by atoms with Gasteiger partial charge in [0.1, 0.15) is 36.0 Å². The van der Waals surface area contributed by atoms with Gasteiger partial charge in [0.05, 0.1) is 31.2 Å². The summed E-state index contributed by atoms with van der Waals surface area (Å²) in [5.74, 6) is -2.85. The van der Waals surface area contributed by atoms with Crippen LogP contribution < -0.4 is 14.8 Å². The fraction of sp³-hybridized carbons (Fsp3) is 0.304. The quantitative estimate of drug-likeness (QED) is 0.0676. The number of amides is 3. The van der Waals surface area contributed by atoms with Gasteiger partial charge in [-0.25, -0.2) is 18.4 Å². The van der Waals surface area contributed by atoms with Crippen molar-refractivity contribution >= 4 is 108 Å². The van der Waals surface area contributed by atoms with Crippen molar-refractivity contribution in [2.24, 2.45) is 0 Å². The van der Waals surface area contributed by atoms with Crippen LogP contribution in [0.5, 0.6) is 11.5 Å². The largest absolute Gasteiger partial charge is 0.415 e. The number of nitrogens with zero attached hydrogens (tertiary/aromatic N) is 3. The van der Waals surface area contributed by atoms with Gasteiger partial charge in [-0.3, -0.25) is 14.5 Å². The molecule has 0 aliphatic carbocycles. The highest BCUT2D eigenvalue weighted by atomic mass is 35.5. The zero-order valence-electron chi connectivity index (χ0n) is 38.1. The number of likely N-dealkylation sites (N-methyl/N-ethyl adjacent to an activating group) is 4. The molecule has 0 bridgehead atoms. The SMILES string of the molecule is C=CC[C@@](CN(C)C(=O)CC(F)(F)F)(c1ccc(Cl)c(Cl)c1)N(C)C(=O)Oc1ccc(F)cc1.C=CC[C@](CN(C)C(=O)CC(F)(F)F)(NC)c1ccc(Cl)c(Cl)c1.O=C(Cl)Oc1ccc(F)cc1.S.S. The smallest absolute Gasteiger partial charge is 0.414 e. The van der Waals surface area contributed by atoms with E-state index < -0.39 is 65.4 Å². The van der Waals surface area contributed by atoms with Crippen molar-refractivity contribution in [2.45, 2.75) is 49.1 Å². The number of rotatable bonds is 16. The topological polar surface area (TPSA) is 108 Å². The van der Waals surface area contributed by atoms with E-state index in [0.717, 1.165) is 26.8 Å². The predicted molar refractivity (Wildman–Crippen MR) is 271 cm³/mol. The van der Waals surface area contributed by atoms with E-state index in [4.69, 9.17) is 62.7 Å². The Hall–Kier alpha value is -4.41. The summed E-state index contributed by atoms with van der Waals surface area (Å²) in [4.78, 5) is 50.4. The van der Waals surface area contributed by atoms with Crippen molar-refractivity contribution in [3.63, 3.8) is 0 Å². The van der Waals surface area contributed by atoms with E-state index in [2.05, 4.69) is 23.2 Å². The van der Waals surface area contributed by atoms with E-state index in [1.165, 1.54) is 75.7 Å². The van der Waals surface area contributed by atoms with Gasteiger partial charge in [0.2, 0.25) is 11.8 Å². The molecule has 0 aliphatic rings. The molecule has 25 heteroatoms. The maximum absolute atomic E-state index is 13.2. The summed E-state index contributed by atoms with van der Waals surface area (Å²) >= 11 is 29.1. The summed E-state index contributed by atoms with van der Waals surface area (Å²) in [5, 5.41) is 4.12. The van der Waals surface area contributed by atoms with Crippen LogP contribution in [0.1, 0.15) is 36.8 Å². The van der Waals surface area contributed by atoms with Crippen LogP contribution >= 0.6 is 85.0 Å². The van der Waals surface area contributed by atoms with Gasteiger partial charge in [0.25, 0.3) is 0 Å². The van der Waals surface area contributed by atoms with E-state index in [9.17, 15) is 54.3 Å². The Morgan fingerprint density at radius 1 is 0.606 bits per heavy atom. The van der Waals surface area contributed by atoms with Gasteiger partial charge in [0, 0.05) is 45.8 Å². The predicted octanol–water partition coefficient (Wildman–Crippen LogP) is 13.6. The molecule has 71 heavy (non-hydrogen) atoms. The first-order chi connectivity index (χ1) is 32.0. The second-order valence-corrected chi connectivity index (χ2v) is 16.8. The van der Waals surface area contributed by atoms with Gasteiger partial charge in [-0.2, -0.15) is 53.3 Å². The third-order valence-electron chi connectivity index (χ3n) is 9.89. The molecule has 0 aromatic heterocycles. The van der Waals surface area contributed by atoms with Gasteiger partial charge >= 0.3 is 23.9 Å². The fourth-order valence-corrected chi connectivity index (χ4v) is 7.09. The van der Waals surface area contributed by atoms with Crippen LogP contribution in [-0.2, 0) is 20.7 Å². The standard InChI is InChI=1S/C23H22Cl2F4N2O3.C16H19Cl2F3N2O.C7H4ClFO2.2H2S/c1-4-11-22(15-5-10-18(24)19(25)12-15,14-30(2)20(32)13-23(27,28)29)31(3)21(33)34-17-8-6-16(26)7-9-17;1-4-7-15(22-2,11-5-6-12(17)13(18)8-11)10-23(3)14(24)9-16(19,20)21;8-7(10)11-6-3-1-5(9)2-4-6;;/h4-10,12H,1,11,13-14H2,2-3H3;4-6,8,22H,1,7,9-10H2,2-3H3;1-4H;2*1H2/t22-;15-;;;/m11.../s1. The number of nitrogens with one attached hydrogen (secondary N) is 1. The highest BCUT2D eigenvalue weighted by molar-refractivity contribution is 7.59. The van der Waals surface area contributed by atoms with Crippen molar-refractivity contribution in [1.29, 1.82) is 0 Å². The maximum Gasteiger partial charge on any atom is 0.415 e. The van der Waals surface area contributed by atoms with Crippen LogP contribution in [0.2, 0.25) is 20.1 Å². The summed E-state index contributed by atoms with van der Waals surface area (Å²) in [6, 6.07) is 19.1. The number of benzene rings is 4. The van der Waals surface area contributed by atoms with Crippen LogP contribution in [0.15, 0.2) is 110 Å². The number of hydrogen-bond acceptors (Lipinski definition) is 7. The lowest BCUT2D eigenvalue weighted by Gasteiger charge is -2.43. The molecule has 0 fully saturated rings. The third-order valence-corrected chi connectivity index (χ3v) is 11.4. The Kier molecular flexibility index (Phi) is 28.1. The first kappa shape index (κ1) is 66.6. The fourth-order valence-electron chi connectivity index (χ4n) is 6.40. The van der Waals surface area contributed by atoms with E-state index in [-0.39, 0.29) is 73.9 Å². The lowest BCUT2D eigenvalue weighted by molar-refractivity contribution is -0.163. The average Bonchev–Trinajstić information content (AvgIpc) is 3.25. The van der Waals surface area contributed by atoms with Crippen molar-refractivity contribution < 1.29 is 63.8 Å². The second kappa shape index (κ2) is 29.9. The second-order valence-electron chi connectivity index (χ2n) is 14.9. The number of ether oxygens (including phenoxy) is 2. The molecule has 0 unspecified atom stereocenters. The summed E-state index contributed by atoms with van der Waals surface area (Å²) in [7, 11) is 5.55. The molecule has 4 aromatic carbocycles. The molecular weight excluding hydrogens is 1100 g/mol. The zero-order valence-corrected chi connectivity index (χ0v) is 43.9. The minimum atomic E-state index is -4.70. The molecule has 392 valence electrons. The molecule has 0 saturated heterocycles. The van der Waals surface area contributed by atoms with E-state index >= 15 is 0 Å². The third kappa shape index (κ3) is 21.7. The van der Waals surface area contributed by atoms with E-state index in [1.807, 2.05) is 0 Å². The van der Waals surface area contributed by atoms with Gasteiger partial charge < -0.3 is 24.6 Å². The van der Waals surface area contributed by atoms with Gasteiger partial charge in [-0.1, -0.05) is 70.7 Å². The van der Waals surface area contributed by atoms with Crippen molar-refractivity contribution in [1.82, 2.24) is 20.0 Å². The van der Waals surface area contributed by atoms with E-state index in [1.54, 1.807) is 37.4 Å². The molecule has 0 aliphatic heterocycles. The molecule has 0 radical (unpaired) electrons. The zero-order chi connectivity index (χ0) is 52.5. The minimum Gasteiger partial charge on any atom is -0.414 e. The molecule has 4 aromatic rings. The number of hydrogen-bond donors (Lipinski definition) is 1. The summed E-state index contributed by atoms with van der Waals surface area (Å²) in [5.41, 5.74) is -2.11. The maximum atomic E-state index is 13.2. The Balaban J connectivity index is 0.00000115. The van der Waals surface area contributed by atoms with Crippen LogP contribution in [0.4, 0.5) is 44.7 Å². The highest BCUT2D eigenvalue weighted by Crippen LogP contribution is 2.38. The molecule has 3 amide bonds. The molecule has 0 spiro atoms. The number of carbonyl (C=O) groups is 4. The molecular formula is C46H49Cl5F8N4O6S2. The first-order valence-electron chi connectivity index (χ1n) is 19.8. The Bertz CT molecular complexity index is 2410. The van der Waals surface area contributed by atoms with Crippen LogP contribution in [0.25, 0.3) is 0 Å². The van der Waals surface area contributed by atoms with Crippen LogP contribution in [-0.4, -0.2) is 91.7 Å². The number of carbonyl (C=O) groups excluding carboxylic acids is 4. The first-order valence-corrected chi connectivity index (χ1v) is 21.7. The van der Waals surface area contributed by atoms with E-state index in [0.29, 0.717) is 27.6 Å². The van der Waals surface area contributed by atoms with Crippen LogP contribution in [0.3, 0.4) is 0 Å². The lowest BCUT2D eigenvalue weighted by Crippen LogP contribution is -2.55. The molecule has 2 atom stereocenters. The monoisotopic (exact) mass is 1140 g/mol. The molecule has 4 rings (SSSR count).